The topological polar surface area (TPSA) is 35.5 Å². The Labute approximate surface area is 110 Å². The van der Waals surface area contributed by atoms with Gasteiger partial charge < -0.3 is 15.3 Å². The second-order valence-electron chi connectivity index (χ2n) is 5.62. The fourth-order valence-electron chi connectivity index (χ4n) is 2.81. The van der Waals surface area contributed by atoms with Gasteiger partial charge in [0.25, 0.3) is 0 Å². The predicted molar refractivity (Wildman–Crippen MR) is 74.7 cm³/mol. The molecule has 1 saturated heterocycles. The van der Waals surface area contributed by atoms with Gasteiger partial charge in [-0.3, -0.25) is 0 Å². The van der Waals surface area contributed by atoms with Crippen LogP contribution >= 0.6 is 0 Å². The molecule has 100 valence electrons. The molecule has 1 heterocycles. The van der Waals surface area contributed by atoms with E-state index < -0.39 is 0 Å². The van der Waals surface area contributed by atoms with Crippen LogP contribution in [0.2, 0.25) is 0 Å². The van der Waals surface area contributed by atoms with E-state index in [0.29, 0.717) is 17.7 Å². The quantitative estimate of drug-likeness (QED) is 0.862. The van der Waals surface area contributed by atoms with Gasteiger partial charge in [0.2, 0.25) is 0 Å². The van der Waals surface area contributed by atoms with E-state index in [1.165, 1.54) is 6.42 Å². The van der Waals surface area contributed by atoms with E-state index in [4.69, 9.17) is 0 Å². The lowest BCUT2D eigenvalue weighted by Crippen LogP contribution is -2.47. The van der Waals surface area contributed by atoms with Crippen molar-refractivity contribution in [2.75, 3.05) is 20.1 Å². The third-order valence-corrected chi connectivity index (χ3v) is 3.94. The molecule has 3 unspecified atom stereocenters. The predicted octanol–water partition coefficient (Wildman–Crippen LogP) is 2.38. The minimum absolute atomic E-state index is 0.285. The van der Waals surface area contributed by atoms with Gasteiger partial charge in [0.1, 0.15) is 5.75 Å². The second kappa shape index (κ2) is 5.72. The lowest BCUT2D eigenvalue weighted by molar-refractivity contribution is 0.168. The zero-order chi connectivity index (χ0) is 13.1. The van der Waals surface area contributed by atoms with Crippen molar-refractivity contribution in [1.29, 1.82) is 0 Å². The Morgan fingerprint density at radius 1 is 1.44 bits per heavy atom. The molecular weight excluding hydrogens is 224 g/mol. The highest BCUT2D eigenvalue weighted by Gasteiger charge is 2.25. The number of benzene rings is 1. The third kappa shape index (κ3) is 3.24. The van der Waals surface area contributed by atoms with Gasteiger partial charge in [0.15, 0.2) is 0 Å². The molecule has 1 aromatic rings. The van der Waals surface area contributed by atoms with Gasteiger partial charge in [0, 0.05) is 18.6 Å². The van der Waals surface area contributed by atoms with E-state index in [1.807, 2.05) is 12.1 Å². The molecule has 1 fully saturated rings. The molecule has 0 amide bonds. The Morgan fingerprint density at radius 3 is 2.89 bits per heavy atom. The van der Waals surface area contributed by atoms with Crippen LogP contribution in [0.4, 0.5) is 0 Å². The molecule has 3 heteroatoms. The smallest absolute Gasteiger partial charge is 0.115 e. The first kappa shape index (κ1) is 13.4. The fourth-order valence-corrected chi connectivity index (χ4v) is 2.81. The number of hydrogen-bond donors (Lipinski definition) is 2. The summed E-state index contributed by atoms with van der Waals surface area (Å²) in [7, 11) is 2.19. The number of nitrogens with zero attached hydrogens (tertiary/aromatic N) is 1. The summed E-state index contributed by atoms with van der Waals surface area (Å²) in [5.74, 6) is 1.01. The molecule has 0 aromatic heterocycles. The van der Waals surface area contributed by atoms with Crippen LogP contribution in [0.5, 0.6) is 5.75 Å². The van der Waals surface area contributed by atoms with Crippen LogP contribution in [0.25, 0.3) is 0 Å². The van der Waals surface area contributed by atoms with E-state index >= 15 is 0 Å². The highest BCUT2D eigenvalue weighted by Crippen LogP contribution is 2.22. The van der Waals surface area contributed by atoms with Crippen molar-refractivity contribution in [3.05, 3.63) is 29.8 Å². The number of aromatic hydroxyl groups is 1. The summed E-state index contributed by atoms with van der Waals surface area (Å²) < 4.78 is 0. The molecule has 3 atom stereocenters. The molecule has 1 aromatic carbocycles. The highest BCUT2D eigenvalue weighted by molar-refractivity contribution is 5.29. The molecule has 2 N–H and O–H groups in total. The number of phenolic OH excluding ortho intramolecular Hbond substituents is 1. The van der Waals surface area contributed by atoms with Gasteiger partial charge in [-0.15, -0.1) is 0 Å². The Bertz CT molecular complexity index is 394. The molecule has 0 aliphatic carbocycles. The second-order valence-corrected chi connectivity index (χ2v) is 5.62. The fraction of sp³-hybridized carbons (Fsp3) is 0.600. The Balaban J connectivity index is 1.97. The van der Waals surface area contributed by atoms with Crippen molar-refractivity contribution in [2.24, 2.45) is 5.92 Å². The minimum Gasteiger partial charge on any atom is -0.508 e. The number of rotatable bonds is 3. The normalized spacial score (nSPS) is 27.1. The zero-order valence-corrected chi connectivity index (χ0v) is 11.6. The van der Waals surface area contributed by atoms with E-state index in [2.05, 4.69) is 37.2 Å². The Hall–Kier alpha value is -1.06. The van der Waals surface area contributed by atoms with Gasteiger partial charge in [-0.1, -0.05) is 19.1 Å². The van der Waals surface area contributed by atoms with Crippen LogP contribution in [-0.2, 0) is 0 Å². The van der Waals surface area contributed by atoms with Crippen molar-refractivity contribution in [3.63, 3.8) is 0 Å². The molecule has 18 heavy (non-hydrogen) atoms. The zero-order valence-electron chi connectivity index (χ0n) is 11.6. The number of hydrogen-bond acceptors (Lipinski definition) is 3. The average Bonchev–Trinajstić information content (AvgIpc) is 2.32. The summed E-state index contributed by atoms with van der Waals surface area (Å²) in [6, 6.07) is 8.38. The van der Waals surface area contributed by atoms with E-state index in [-0.39, 0.29) is 6.04 Å². The summed E-state index contributed by atoms with van der Waals surface area (Å²) in [6.07, 6.45) is 1.20. The van der Waals surface area contributed by atoms with Crippen LogP contribution in [0.1, 0.15) is 31.9 Å². The molecule has 1 aliphatic rings. The van der Waals surface area contributed by atoms with Crippen LogP contribution in [-0.4, -0.2) is 36.2 Å². The number of nitrogens with one attached hydrogen (secondary N) is 1. The molecular formula is C15H24N2O. The lowest BCUT2D eigenvalue weighted by atomic mass is 9.93. The standard InChI is InChI=1S/C15H24N2O/c1-11-10-17(3)8-7-15(11)16-12(2)13-5-4-6-14(18)9-13/h4-6,9,11-12,15-16,18H,7-8,10H2,1-3H3. The maximum atomic E-state index is 9.52. The molecule has 3 nitrogen and oxygen atoms in total. The molecule has 2 rings (SSSR count). The monoisotopic (exact) mass is 248 g/mol. The van der Waals surface area contributed by atoms with E-state index in [1.54, 1.807) is 6.07 Å². The Kier molecular flexibility index (Phi) is 4.25. The van der Waals surface area contributed by atoms with Crippen molar-refractivity contribution >= 4 is 0 Å². The highest BCUT2D eigenvalue weighted by atomic mass is 16.3. The first-order valence-electron chi connectivity index (χ1n) is 6.80. The first-order chi connectivity index (χ1) is 8.56. The van der Waals surface area contributed by atoms with Crippen LogP contribution in [0.3, 0.4) is 0 Å². The van der Waals surface area contributed by atoms with Crippen LogP contribution in [0, 0.1) is 5.92 Å². The molecule has 0 bridgehead atoms. The summed E-state index contributed by atoms with van der Waals surface area (Å²) in [6.45, 7) is 6.79. The van der Waals surface area contributed by atoms with Gasteiger partial charge >= 0.3 is 0 Å². The number of likely N-dealkylation sites (tertiary alicyclic amines) is 1. The largest absolute Gasteiger partial charge is 0.508 e. The summed E-state index contributed by atoms with van der Waals surface area (Å²) >= 11 is 0. The summed E-state index contributed by atoms with van der Waals surface area (Å²) in [5.41, 5.74) is 1.15. The molecule has 0 radical (unpaired) electrons. The molecule has 1 aliphatic heterocycles. The number of phenols is 1. The van der Waals surface area contributed by atoms with E-state index in [0.717, 1.165) is 18.7 Å². The minimum atomic E-state index is 0.285. The van der Waals surface area contributed by atoms with Crippen LogP contribution in [0.15, 0.2) is 24.3 Å². The maximum Gasteiger partial charge on any atom is 0.115 e. The first-order valence-corrected chi connectivity index (χ1v) is 6.80. The Morgan fingerprint density at radius 2 is 2.22 bits per heavy atom. The van der Waals surface area contributed by atoms with Crippen molar-refractivity contribution in [2.45, 2.75) is 32.4 Å². The van der Waals surface area contributed by atoms with Gasteiger partial charge in [-0.05, 0) is 50.6 Å². The van der Waals surface area contributed by atoms with Gasteiger partial charge in [-0.2, -0.15) is 0 Å². The average molecular weight is 248 g/mol. The lowest BCUT2D eigenvalue weighted by Gasteiger charge is -2.37. The summed E-state index contributed by atoms with van der Waals surface area (Å²) in [4.78, 5) is 2.39. The van der Waals surface area contributed by atoms with Gasteiger partial charge in [0.05, 0.1) is 0 Å². The third-order valence-electron chi connectivity index (χ3n) is 3.94. The van der Waals surface area contributed by atoms with Crippen LogP contribution < -0.4 is 5.32 Å². The molecule has 0 saturated carbocycles. The van der Waals surface area contributed by atoms with Crippen molar-refractivity contribution < 1.29 is 5.11 Å². The van der Waals surface area contributed by atoms with Gasteiger partial charge in [-0.25, -0.2) is 0 Å². The number of piperidine rings is 1. The van der Waals surface area contributed by atoms with E-state index in [9.17, 15) is 5.11 Å². The maximum absolute atomic E-state index is 9.52. The molecule has 0 spiro atoms. The van der Waals surface area contributed by atoms with Crippen molar-refractivity contribution in [1.82, 2.24) is 10.2 Å². The summed E-state index contributed by atoms with van der Waals surface area (Å²) in [5, 5.41) is 13.2. The van der Waals surface area contributed by atoms with Crippen molar-refractivity contribution in [3.8, 4) is 5.75 Å². The SMILES string of the molecule is CC(NC1CCN(C)CC1C)c1cccc(O)c1.